The van der Waals surface area contributed by atoms with Crippen LogP contribution in [0.3, 0.4) is 0 Å². The van der Waals surface area contributed by atoms with E-state index in [1.165, 1.54) is 0 Å². The number of aromatic amines is 1. The summed E-state index contributed by atoms with van der Waals surface area (Å²) in [6.07, 6.45) is 3.58. The van der Waals surface area contributed by atoms with Gasteiger partial charge in [0.1, 0.15) is 5.75 Å². The lowest BCUT2D eigenvalue weighted by molar-refractivity contribution is 0.415. The van der Waals surface area contributed by atoms with Gasteiger partial charge in [-0.25, -0.2) is 0 Å². The normalized spacial score (nSPS) is 11.4. The molecule has 3 aromatic rings. The van der Waals surface area contributed by atoms with Gasteiger partial charge in [-0.15, -0.1) is 0 Å². The molecular formula is C17H18N4OS. The fraction of sp³-hybridized carbons (Fsp3) is 0.235. The number of hydrogen-bond acceptors (Lipinski definition) is 4. The molecule has 1 heterocycles. The molecule has 0 aliphatic heterocycles. The second kappa shape index (κ2) is 6.75. The molecule has 2 aromatic carbocycles. The number of aryl methyl sites for hydroxylation is 1. The Bertz CT molecular complexity index is 910. The van der Waals surface area contributed by atoms with Crippen LogP contribution in [0.5, 0.6) is 5.75 Å². The number of hydrogen-bond donors (Lipinski definition) is 1. The number of ether oxygens (including phenoxy) is 1. The zero-order valence-corrected chi connectivity index (χ0v) is 13.9. The summed E-state index contributed by atoms with van der Waals surface area (Å²) >= 11 is 5.26. The maximum Gasteiger partial charge on any atom is 0.216 e. The van der Waals surface area contributed by atoms with Crippen LogP contribution >= 0.6 is 12.2 Å². The molecule has 0 bridgehead atoms. The fourth-order valence-corrected chi connectivity index (χ4v) is 2.73. The number of methoxy groups -OCH3 is 1. The van der Waals surface area contributed by atoms with Crippen molar-refractivity contribution >= 4 is 29.2 Å². The Balaban J connectivity index is 2.11. The number of H-pyrrole nitrogens is 1. The quantitative estimate of drug-likeness (QED) is 0.571. The number of nitrogens with zero attached hydrogens (tertiary/aromatic N) is 3. The van der Waals surface area contributed by atoms with E-state index in [0.717, 1.165) is 40.8 Å². The molecule has 0 radical (unpaired) electrons. The van der Waals surface area contributed by atoms with Crippen molar-refractivity contribution in [2.45, 2.75) is 19.8 Å². The number of rotatable bonds is 5. The summed E-state index contributed by atoms with van der Waals surface area (Å²) < 4.78 is 7.64. The maximum atomic E-state index is 5.48. The molecule has 23 heavy (non-hydrogen) atoms. The van der Waals surface area contributed by atoms with Crippen LogP contribution in [0, 0.1) is 4.77 Å². The molecule has 0 aliphatic carbocycles. The SMILES string of the molecule is CCCc1n[nH]c(=S)n1/N=C\c1c(OC)ccc2ccccc12. The molecule has 0 fully saturated rings. The van der Waals surface area contributed by atoms with Gasteiger partial charge in [0.15, 0.2) is 5.82 Å². The minimum absolute atomic E-state index is 0.490. The lowest BCUT2D eigenvalue weighted by Crippen LogP contribution is -2.00. The Morgan fingerprint density at radius 2 is 2.13 bits per heavy atom. The van der Waals surface area contributed by atoms with Crippen LogP contribution in [0.25, 0.3) is 10.8 Å². The van der Waals surface area contributed by atoms with Gasteiger partial charge in [-0.3, -0.25) is 5.10 Å². The first-order chi connectivity index (χ1) is 11.2. The van der Waals surface area contributed by atoms with Gasteiger partial charge in [0.25, 0.3) is 0 Å². The van der Waals surface area contributed by atoms with Gasteiger partial charge in [-0.2, -0.15) is 14.9 Å². The highest BCUT2D eigenvalue weighted by Crippen LogP contribution is 2.26. The van der Waals surface area contributed by atoms with Gasteiger partial charge in [0.2, 0.25) is 4.77 Å². The molecule has 0 saturated carbocycles. The third-order valence-electron chi connectivity index (χ3n) is 3.64. The largest absolute Gasteiger partial charge is 0.496 e. The predicted octanol–water partition coefficient (Wildman–Crippen LogP) is 3.94. The van der Waals surface area contributed by atoms with Crippen molar-refractivity contribution in [3.63, 3.8) is 0 Å². The molecule has 3 rings (SSSR count). The molecule has 0 amide bonds. The Labute approximate surface area is 139 Å². The molecular weight excluding hydrogens is 308 g/mol. The van der Waals surface area contributed by atoms with Crippen LogP contribution in [-0.2, 0) is 6.42 Å². The summed E-state index contributed by atoms with van der Waals surface area (Å²) in [5.74, 6) is 1.60. The average Bonchev–Trinajstić information content (AvgIpc) is 2.93. The smallest absolute Gasteiger partial charge is 0.216 e. The summed E-state index contributed by atoms with van der Waals surface area (Å²) in [7, 11) is 1.66. The standard InChI is InChI=1S/C17H18N4OS/c1-3-6-16-19-20-17(23)21(16)18-11-14-13-8-5-4-7-12(13)9-10-15(14)22-2/h4-5,7-11H,3,6H2,1-2H3,(H,20,23)/b18-11-. The van der Waals surface area contributed by atoms with E-state index in [-0.39, 0.29) is 0 Å². The average molecular weight is 326 g/mol. The van der Waals surface area contributed by atoms with Gasteiger partial charge in [-0.1, -0.05) is 37.3 Å². The Morgan fingerprint density at radius 3 is 2.91 bits per heavy atom. The molecule has 0 atom stereocenters. The van der Waals surface area contributed by atoms with Crippen LogP contribution in [-0.4, -0.2) is 28.2 Å². The van der Waals surface area contributed by atoms with E-state index < -0.39 is 0 Å². The van der Waals surface area contributed by atoms with Crippen molar-refractivity contribution in [3.05, 3.63) is 52.6 Å². The van der Waals surface area contributed by atoms with Gasteiger partial charge in [0.05, 0.1) is 13.3 Å². The second-order valence-corrected chi connectivity index (χ2v) is 5.54. The Kier molecular flexibility index (Phi) is 4.52. The van der Waals surface area contributed by atoms with Gasteiger partial charge in [0, 0.05) is 12.0 Å². The van der Waals surface area contributed by atoms with Crippen molar-refractivity contribution in [1.29, 1.82) is 0 Å². The zero-order chi connectivity index (χ0) is 16.2. The van der Waals surface area contributed by atoms with E-state index in [2.05, 4.69) is 34.4 Å². The summed E-state index contributed by atoms with van der Waals surface area (Å²) in [6.45, 7) is 2.10. The lowest BCUT2D eigenvalue weighted by Gasteiger charge is -2.08. The van der Waals surface area contributed by atoms with E-state index in [1.807, 2.05) is 24.3 Å². The van der Waals surface area contributed by atoms with Gasteiger partial charge in [-0.05, 0) is 35.5 Å². The minimum Gasteiger partial charge on any atom is -0.496 e. The number of fused-ring (bicyclic) bond motifs is 1. The van der Waals surface area contributed by atoms with Crippen LogP contribution in [0.2, 0.25) is 0 Å². The zero-order valence-electron chi connectivity index (χ0n) is 13.1. The van der Waals surface area contributed by atoms with Crippen LogP contribution in [0.15, 0.2) is 41.5 Å². The first kappa shape index (κ1) is 15.4. The summed E-state index contributed by atoms with van der Waals surface area (Å²) in [4.78, 5) is 0. The van der Waals surface area contributed by atoms with Gasteiger partial charge < -0.3 is 4.74 Å². The minimum atomic E-state index is 0.490. The number of aromatic nitrogens is 3. The molecule has 118 valence electrons. The third kappa shape index (κ3) is 3.03. The molecule has 0 aliphatic rings. The van der Waals surface area contributed by atoms with E-state index in [0.29, 0.717) is 4.77 Å². The van der Waals surface area contributed by atoms with Crippen LogP contribution in [0.4, 0.5) is 0 Å². The maximum absolute atomic E-state index is 5.48. The van der Waals surface area contributed by atoms with Crippen molar-refractivity contribution in [3.8, 4) is 5.75 Å². The van der Waals surface area contributed by atoms with E-state index in [1.54, 1.807) is 18.0 Å². The Hall–Kier alpha value is -2.47. The lowest BCUT2D eigenvalue weighted by atomic mass is 10.0. The summed E-state index contributed by atoms with van der Waals surface area (Å²) in [6, 6.07) is 12.1. The van der Waals surface area contributed by atoms with Crippen LogP contribution in [0.1, 0.15) is 24.7 Å². The second-order valence-electron chi connectivity index (χ2n) is 5.15. The third-order valence-corrected chi connectivity index (χ3v) is 3.91. The van der Waals surface area contributed by atoms with Crippen molar-refractivity contribution < 1.29 is 4.74 Å². The van der Waals surface area contributed by atoms with E-state index in [4.69, 9.17) is 17.0 Å². The fourth-order valence-electron chi connectivity index (χ4n) is 2.53. The van der Waals surface area contributed by atoms with Crippen LogP contribution < -0.4 is 4.74 Å². The molecule has 5 nitrogen and oxygen atoms in total. The first-order valence-electron chi connectivity index (χ1n) is 7.51. The highest BCUT2D eigenvalue weighted by molar-refractivity contribution is 7.71. The predicted molar refractivity (Wildman–Crippen MR) is 94.9 cm³/mol. The molecule has 0 unspecified atom stereocenters. The number of benzene rings is 2. The van der Waals surface area contributed by atoms with E-state index >= 15 is 0 Å². The summed E-state index contributed by atoms with van der Waals surface area (Å²) in [5, 5.41) is 13.8. The van der Waals surface area contributed by atoms with Crippen molar-refractivity contribution in [2.24, 2.45) is 5.10 Å². The molecule has 6 heteroatoms. The first-order valence-corrected chi connectivity index (χ1v) is 7.91. The van der Waals surface area contributed by atoms with E-state index in [9.17, 15) is 0 Å². The monoisotopic (exact) mass is 326 g/mol. The molecule has 0 spiro atoms. The van der Waals surface area contributed by atoms with Crippen molar-refractivity contribution in [1.82, 2.24) is 14.9 Å². The topological polar surface area (TPSA) is 55.2 Å². The Morgan fingerprint density at radius 1 is 1.30 bits per heavy atom. The molecule has 0 saturated heterocycles. The highest BCUT2D eigenvalue weighted by Gasteiger charge is 2.07. The van der Waals surface area contributed by atoms with Crippen molar-refractivity contribution in [2.75, 3.05) is 7.11 Å². The highest BCUT2D eigenvalue weighted by atomic mass is 32.1. The number of nitrogens with one attached hydrogen (secondary N) is 1. The summed E-state index contributed by atoms with van der Waals surface area (Å²) in [5.41, 5.74) is 0.927. The van der Waals surface area contributed by atoms with Gasteiger partial charge >= 0.3 is 0 Å². The molecule has 1 aromatic heterocycles. The molecule has 1 N–H and O–H groups in total.